The van der Waals surface area contributed by atoms with Crippen molar-refractivity contribution in [3.05, 3.63) is 133 Å². The quantitative estimate of drug-likeness (QED) is 0.219. The van der Waals surface area contributed by atoms with Gasteiger partial charge in [-0.15, -0.1) is 0 Å². The molecule has 8 aromatic carbocycles. The largest absolute Gasteiger partial charge is 0.354 e. The SMILES string of the molecule is c1ccc2c(c1)[nH]c1cccc(-c3ccc4c(c3)c3ccccc3c3c5ccccc5c5ccccc5c43)c12. The second kappa shape index (κ2) is 7.69. The lowest BCUT2D eigenvalue weighted by Gasteiger charge is -2.17. The normalized spacial score (nSPS) is 12.1. The molecule has 0 saturated carbocycles. The van der Waals surface area contributed by atoms with E-state index >= 15 is 0 Å². The summed E-state index contributed by atoms with van der Waals surface area (Å²) >= 11 is 0. The zero-order valence-corrected chi connectivity index (χ0v) is 21.2. The number of nitrogens with one attached hydrogen (secondary N) is 1. The molecule has 1 heterocycles. The third kappa shape index (κ3) is 2.79. The lowest BCUT2D eigenvalue weighted by Crippen LogP contribution is -1.89. The first-order chi connectivity index (χ1) is 19.4. The highest BCUT2D eigenvalue weighted by Crippen LogP contribution is 2.45. The van der Waals surface area contributed by atoms with Crippen molar-refractivity contribution in [2.75, 3.05) is 0 Å². The molecule has 0 aliphatic rings. The highest BCUT2D eigenvalue weighted by Gasteiger charge is 2.17. The second-order valence-corrected chi connectivity index (χ2v) is 10.5. The summed E-state index contributed by atoms with van der Waals surface area (Å²) in [4.78, 5) is 3.62. The van der Waals surface area contributed by atoms with Gasteiger partial charge in [0.05, 0.1) is 0 Å². The van der Waals surface area contributed by atoms with Gasteiger partial charge in [-0.1, -0.05) is 115 Å². The van der Waals surface area contributed by atoms with Gasteiger partial charge in [-0.25, -0.2) is 0 Å². The third-order valence-corrected chi connectivity index (χ3v) is 8.55. The topological polar surface area (TPSA) is 15.8 Å². The van der Waals surface area contributed by atoms with Gasteiger partial charge in [-0.05, 0) is 83.2 Å². The van der Waals surface area contributed by atoms with E-state index in [1.807, 2.05) is 0 Å². The minimum Gasteiger partial charge on any atom is -0.354 e. The number of para-hydroxylation sites is 1. The molecule has 0 aliphatic carbocycles. The van der Waals surface area contributed by atoms with Crippen molar-refractivity contribution < 1.29 is 0 Å². The Hall–Kier alpha value is -5.14. The Morgan fingerprint density at radius 2 is 0.795 bits per heavy atom. The van der Waals surface area contributed by atoms with Gasteiger partial charge in [-0.3, -0.25) is 0 Å². The summed E-state index contributed by atoms with van der Waals surface area (Å²) in [7, 11) is 0. The van der Waals surface area contributed by atoms with Gasteiger partial charge < -0.3 is 4.98 Å². The van der Waals surface area contributed by atoms with Gasteiger partial charge in [0.25, 0.3) is 0 Å². The minimum atomic E-state index is 1.18. The van der Waals surface area contributed by atoms with Crippen LogP contribution in [0.25, 0.3) is 86.8 Å². The van der Waals surface area contributed by atoms with Gasteiger partial charge in [-0.2, -0.15) is 0 Å². The molecule has 1 aromatic heterocycles. The van der Waals surface area contributed by atoms with Crippen LogP contribution in [0.2, 0.25) is 0 Å². The first-order valence-electron chi connectivity index (χ1n) is 13.5. The summed E-state index contributed by atoms with van der Waals surface area (Å²) in [6.45, 7) is 0. The van der Waals surface area contributed by atoms with Crippen LogP contribution in [0, 0.1) is 0 Å². The van der Waals surface area contributed by atoms with E-state index in [9.17, 15) is 0 Å². The summed E-state index contributed by atoms with van der Waals surface area (Å²) in [6, 6.07) is 49.0. The second-order valence-electron chi connectivity index (χ2n) is 10.5. The maximum absolute atomic E-state index is 3.62. The molecule has 0 atom stereocenters. The summed E-state index contributed by atoms with van der Waals surface area (Å²) in [5, 5.41) is 15.7. The molecule has 0 unspecified atom stereocenters. The number of fused-ring (bicyclic) bond motifs is 14. The van der Waals surface area contributed by atoms with E-state index in [4.69, 9.17) is 0 Å². The van der Waals surface area contributed by atoms with Crippen LogP contribution in [0.1, 0.15) is 0 Å². The first kappa shape index (κ1) is 20.9. The highest BCUT2D eigenvalue weighted by molar-refractivity contribution is 6.39. The summed E-state index contributed by atoms with van der Waals surface area (Å²) in [5.41, 5.74) is 4.86. The average molecular weight is 494 g/mol. The van der Waals surface area contributed by atoms with Crippen molar-refractivity contribution in [3.8, 4) is 11.1 Å². The van der Waals surface area contributed by atoms with E-state index < -0.39 is 0 Å². The fourth-order valence-electron chi connectivity index (χ4n) is 6.93. The Kier molecular flexibility index (Phi) is 4.11. The van der Waals surface area contributed by atoms with E-state index in [0.29, 0.717) is 0 Å². The van der Waals surface area contributed by atoms with Crippen LogP contribution < -0.4 is 0 Å². The predicted octanol–water partition coefficient (Wildman–Crippen LogP) is 10.8. The maximum atomic E-state index is 3.62. The van der Waals surface area contributed by atoms with E-state index in [-0.39, 0.29) is 0 Å². The van der Waals surface area contributed by atoms with E-state index in [0.717, 1.165) is 0 Å². The van der Waals surface area contributed by atoms with Crippen LogP contribution in [-0.4, -0.2) is 4.98 Å². The molecule has 0 amide bonds. The molecule has 0 fully saturated rings. The third-order valence-electron chi connectivity index (χ3n) is 8.55. The molecule has 9 rings (SSSR count). The number of benzene rings is 8. The van der Waals surface area contributed by atoms with Crippen LogP contribution in [0.5, 0.6) is 0 Å². The summed E-state index contributed by atoms with van der Waals surface area (Å²) in [6.07, 6.45) is 0. The Morgan fingerprint density at radius 3 is 1.44 bits per heavy atom. The number of hydrogen-bond acceptors (Lipinski definition) is 0. The Morgan fingerprint density at radius 1 is 0.308 bits per heavy atom. The molecule has 39 heavy (non-hydrogen) atoms. The fraction of sp³-hybridized carbons (Fsp3) is 0. The number of H-pyrrole nitrogens is 1. The molecule has 180 valence electrons. The van der Waals surface area contributed by atoms with Crippen LogP contribution in [-0.2, 0) is 0 Å². The van der Waals surface area contributed by atoms with Crippen molar-refractivity contribution >= 4 is 75.7 Å². The standard InChI is InChI=1S/C38H23N/c1-4-13-28-25(10-1)26-11-2-5-14-29(26)38-31-21-20-23(22-33(31)27-12-3-6-15-30(27)37(28)38)24-17-9-19-35-36(24)32-16-7-8-18-34(32)39-35/h1-22,39H. The Bertz CT molecular complexity index is 2440. The lowest BCUT2D eigenvalue weighted by molar-refractivity contribution is 1.54. The Labute approximate surface area is 224 Å². The van der Waals surface area contributed by atoms with Crippen molar-refractivity contribution in [1.29, 1.82) is 0 Å². The molecule has 0 spiro atoms. The van der Waals surface area contributed by atoms with Gasteiger partial charge in [0.15, 0.2) is 0 Å². The number of aromatic nitrogens is 1. The maximum Gasteiger partial charge on any atom is 0.0471 e. The fourth-order valence-corrected chi connectivity index (χ4v) is 6.93. The van der Waals surface area contributed by atoms with Crippen LogP contribution in [0.3, 0.4) is 0 Å². The van der Waals surface area contributed by atoms with Gasteiger partial charge in [0, 0.05) is 21.8 Å². The van der Waals surface area contributed by atoms with Crippen LogP contribution in [0.15, 0.2) is 133 Å². The van der Waals surface area contributed by atoms with Crippen LogP contribution >= 0.6 is 0 Å². The molecular weight excluding hydrogens is 470 g/mol. The minimum absolute atomic E-state index is 1.18. The number of rotatable bonds is 1. The molecule has 1 heteroatoms. The van der Waals surface area contributed by atoms with E-state index in [1.54, 1.807) is 0 Å². The van der Waals surface area contributed by atoms with Crippen LogP contribution in [0.4, 0.5) is 0 Å². The van der Waals surface area contributed by atoms with Crippen molar-refractivity contribution in [3.63, 3.8) is 0 Å². The molecule has 0 radical (unpaired) electrons. The van der Waals surface area contributed by atoms with Gasteiger partial charge >= 0.3 is 0 Å². The Balaban J connectivity index is 1.49. The molecule has 1 N–H and O–H groups in total. The first-order valence-corrected chi connectivity index (χ1v) is 13.5. The summed E-state index contributed by atoms with van der Waals surface area (Å²) < 4.78 is 0. The van der Waals surface area contributed by atoms with Crippen molar-refractivity contribution in [2.24, 2.45) is 0 Å². The zero-order valence-electron chi connectivity index (χ0n) is 21.2. The molecule has 0 bridgehead atoms. The highest BCUT2D eigenvalue weighted by atomic mass is 14.7. The van der Waals surface area contributed by atoms with Gasteiger partial charge in [0.2, 0.25) is 0 Å². The predicted molar refractivity (Wildman–Crippen MR) is 169 cm³/mol. The molecule has 0 aliphatic heterocycles. The number of hydrogen-bond donors (Lipinski definition) is 1. The van der Waals surface area contributed by atoms with E-state index in [1.165, 1.54) is 86.8 Å². The molecular formula is C38H23N. The van der Waals surface area contributed by atoms with Crippen molar-refractivity contribution in [2.45, 2.75) is 0 Å². The molecule has 9 aromatic rings. The molecule has 0 saturated heterocycles. The zero-order chi connectivity index (χ0) is 25.5. The smallest absolute Gasteiger partial charge is 0.0471 e. The molecule has 1 nitrogen and oxygen atoms in total. The number of aromatic amines is 1. The lowest BCUT2D eigenvalue weighted by atomic mass is 9.86. The monoisotopic (exact) mass is 493 g/mol. The van der Waals surface area contributed by atoms with Gasteiger partial charge in [0.1, 0.15) is 0 Å². The van der Waals surface area contributed by atoms with Crippen molar-refractivity contribution in [1.82, 2.24) is 4.98 Å². The average Bonchev–Trinajstić information content (AvgIpc) is 3.39. The van der Waals surface area contributed by atoms with E-state index in [2.05, 4.69) is 138 Å². The summed E-state index contributed by atoms with van der Waals surface area (Å²) in [5.74, 6) is 0.